The molecule has 2 aliphatic rings. The summed E-state index contributed by atoms with van der Waals surface area (Å²) in [6, 6.07) is 0.721. The van der Waals surface area contributed by atoms with E-state index in [4.69, 9.17) is 0 Å². The van der Waals surface area contributed by atoms with Gasteiger partial charge in [0.05, 0.1) is 6.33 Å². The van der Waals surface area contributed by atoms with Crippen LogP contribution in [0.5, 0.6) is 0 Å². The minimum Gasteiger partial charge on any atom is -0.352 e. The van der Waals surface area contributed by atoms with E-state index < -0.39 is 0 Å². The molecular weight excluding hydrogens is 278 g/mol. The number of piperidine rings is 1. The lowest BCUT2D eigenvalue weighted by Gasteiger charge is -2.42. The smallest absolute Gasteiger partial charge is 0.182 e. The van der Waals surface area contributed by atoms with Crippen molar-refractivity contribution in [2.45, 2.75) is 18.9 Å². The second kappa shape index (κ2) is 5.81. The maximum absolute atomic E-state index is 4.47. The van der Waals surface area contributed by atoms with Crippen molar-refractivity contribution < 1.29 is 0 Å². The van der Waals surface area contributed by atoms with Gasteiger partial charge >= 0.3 is 0 Å². The fourth-order valence-corrected chi connectivity index (χ4v) is 3.73. The third-order valence-corrected chi connectivity index (χ3v) is 4.93. The van der Waals surface area contributed by atoms with Gasteiger partial charge in [-0.15, -0.1) is 0 Å². The summed E-state index contributed by atoms with van der Waals surface area (Å²) in [4.78, 5) is 23.5. The Bertz CT molecular complexity index is 632. The number of piperazine rings is 1. The predicted molar refractivity (Wildman–Crippen MR) is 86.0 cm³/mol. The lowest BCUT2D eigenvalue weighted by atomic mass is 10.0. The van der Waals surface area contributed by atoms with Gasteiger partial charge in [-0.1, -0.05) is 0 Å². The van der Waals surface area contributed by atoms with Gasteiger partial charge < -0.3 is 14.8 Å². The Balaban J connectivity index is 1.44. The molecule has 2 aromatic heterocycles. The van der Waals surface area contributed by atoms with E-state index in [2.05, 4.69) is 41.7 Å². The van der Waals surface area contributed by atoms with E-state index in [1.807, 2.05) is 0 Å². The number of imidazole rings is 1. The fraction of sp³-hybridized carbons (Fsp3) is 0.667. The highest BCUT2D eigenvalue weighted by Gasteiger charge is 2.27. The molecule has 4 rings (SSSR count). The van der Waals surface area contributed by atoms with E-state index in [0.717, 1.165) is 49.2 Å². The summed E-state index contributed by atoms with van der Waals surface area (Å²) in [5.41, 5.74) is 1.70. The van der Waals surface area contributed by atoms with Crippen LogP contribution >= 0.6 is 0 Å². The molecule has 0 spiro atoms. The van der Waals surface area contributed by atoms with Gasteiger partial charge in [-0.3, -0.25) is 4.90 Å². The number of anilines is 1. The largest absolute Gasteiger partial charge is 0.352 e. The second-order valence-electron chi connectivity index (χ2n) is 6.38. The highest BCUT2D eigenvalue weighted by atomic mass is 15.3. The Labute approximate surface area is 130 Å². The molecule has 2 fully saturated rings. The van der Waals surface area contributed by atoms with Crippen LogP contribution < -0.4 is 4.90 Å². The average molecular weight is 301 g/mol. The fourth-order valence-electron chi connectivity index (χ4n) is 3.73. The third-order valence-electron chi connectivity index (χ3n) is 4.93. The van der Waals surface area contributed by atoms with Gasteiger partial charge in [0.25, 0.3) is 0 Å². The number of hydrogen-bond acceptors (Lipinski definition) is 6. The van der Waals surface area contributed by atoms with Crippen LogP contribution in [0.1, 0.15) is 12.8 Å². The molecule has 0 amide bonds. The Hall–Kier alpha value is -1.73. The van der Waals surface area contributed by atoms with Crippen LogP contribution in [-0.2, 0) is 0 Å². The van der Waals surface area contributed by atoms with Crippen molar-refractivity contribution in [2.24, 2.45) is 0 Å². The van der Waals surface area contributed by atoms with E-state index in [0.29, 0.717) is 0 Å². The van der Waals surface area contributed by atoms with Crippen LogP contribution in [0.3, 0.4) is 0 Å². The number of rotatable bonds is 2. The van der Waals surface area contributed by atoms with Crippen molar-refractivity contribution in [1.82, 2.24) is 29.7 Å². The van der Waals surface area contributed by atoms with Gasteiger partial charge in [0.2, 0.25) is 0 Å². The van der Waals surface area contributed by atoms with Crippen LogP contribution in [0.15, 0.2) is 12.7 Å². The number of aromatic amines is 1. The number of nitrogens with zero attached hydrogens (tertiary/aromatic N) is 6. The number of H-pyrrole nitrogens is 1. The average Bonchev–Trinajstić information content (AvgIpc) is 3.04. The van der Waals surface area contributed by atoms with Crippen molar-refractivity contribution in [2.75, 3.05) is 51.2 Å². The predicted octanol–water partition coefficient (Wildman–Crippen LogP) is 0.569. The van der Waals surface area contributed by atoms with Crippen molar-refractivity contribution in [3.05, 3.63) is 12.7 Å². The molecule has 0 radical (unpaired) electrons. The summed E-state index contributed by atoms with van der Waals surface area (Å²) < 4.78 is 0. The van der Waals surface area contributed by atoms with Crippen molar-refractivity contribution in [1.29, 1.82) is 0 Å². The number of likely N-dealkylation sites (N-methyl/N-ethyl adjacent to an activating group) is 1. The molecule has 1 unspecified atom stereocenters. The van der Waals surface area contributed by atoms with E-state index in [1.54, 1.807) is 12.7 Å². The molecule has 2 aliphatic heterocycles. The molecule has 0 saturated carbocycles. The number of aromatic nitrogens is 4. The summed E-state index contributed by atoms with van der Waals surface area (Å²) in [6.07, 6.45) is 5.96. The molecule has 7 nitrogen and oxygen atoms in total. The van der Waals surface area contributed by atoms with Crippen LogP contribution in [-0.4, -0.2) is 82.1 Å². The van der Waals surface area contributed by atoms with Crippen LogP contribution in [0, 0.1) is 0 Å². The van der Waals surface area contributed by atoms with Gasteiger partial charge in [-0.25, -0.2) is 15.0 Å². The molecule has 118 valence electrons. The normalized spacial score (nSPS) is 25.0. The molecule has 1 atom stereocenters. The Morgan fingerprint density at radius 3 is 2.77 bits per heavy atom. The number of hydrogen-bond donors (Lipinski definition) is 1. The number of fused-ring (bicyclic) bond motifs is 1. The summed E-state index contributed by atoms with van der Waals surface area (Å²) in [5, 5.41) is 0. The molecule has 22 heavy (non-hydrogen) atoms. The van der Waals surface area contributed by atoms with Crippen molar-refractivity contribution in [3.8, 4) is 0 Å². The summed E-state index contributed by atoms with van der Waals surface area (Å²) >= 11 is 0. The van der Waals surface area contributed by atoms with Crippen LogP contribution in [0.25, 0.3) is 11.2 Å². The van der Waals surface area contributed by atoms with Crippen LogP contribution in [0.2, 0.25) is 0 Å². The first-order chi connectivity index (χ1) is 10.8. The standard InChI is InChI=1S/C15H23N7/c1-20-4-2-3-12(9-20)21-5-7-22(8-6-21)15-13-14(17-10-16-13)18-11-19-15/h10-12H,2-9H2,1H3,(H,16,17,18,19). The molecule has 7 heteroatoms. The van der Waals surface area contributed by atoms with E-state index in [9.17, 15) is 0 Å². The van der Waals surface area contributed by atoms with Crippen molar-refractivity contribution in [3.63, 3.8) is 0 Å². The SMILES string of the molecule is CN1CCCC(N2CCN(c3ncnc4nc[nH]c34)CC2)C1. The van der Waals surface area contributed by atoms with Gasteiger partial charge in [-0.2, -0.15) is 0 Å². The zero-order valence-corrected chi connectivity index (χ0v) is 13.1. The number of likely N-dealkylation sites (tertiary alicyclic amines) is 1. The summed E-state index contributed by atoms with van der Waals surface area (Å²) in [5.74, 6) is 0.989. The lowest BCUT2D eigenvalue weighted by Crippen LogP contribution is -2.54. The maximum atomic E-state index is 4.47. The summed E-state index contributed by atoms with van der Waals surface area (Å²) in [7, 11) is 2.23. The Morgan fingerprint density at radius 2 is 1.95 bits per heavy atom. The molecule has 0 bridgehead atoms. The zero-order valence-electron chi connectivity index (χ0n) is 13.1. The minimum absolute atomic E-state index is 0.721. The first kappa shape index (κ1) is 13.9. The highest BCUT2D eigenvalue weighted by Crippen LogP contribution is 2.23. The van der Waals surface area contributed by atoms with E-state index in [-0.39, 0.29) is 0 Å². The second-order valence-corrected chi connectivity index (χ2v) is 6.38. The number of nitrogens with one attached hydrogen (secondary N) is 1. The topological polar surface area (TPSA) is 64.2 Å². The Kier molecular flexibility index (Phi) is 3.67. The Morgan fingerprint density at radius 1 is 1.09 bits per heavy atom. The molecule has 4 heterocycles. The van der Waals surface area contributed by atoms with E-state index in [1.165, 1.54) is 25.9 Å². The zero-order chi connectivity index (χ0) is 14.9. The van der Waals surface area contributed by atoms with E-state index >= 15 is 0 Å². The van der Waals surface area contributed by atoms with Gasteiger partial charge in [0, 0.05) is 38.8 Å². The molecule has 0 aliphatic carbocycles. The summed E-state index contributed by atoms with van der Waals surface area (Å²) in [6.45, 7) is 6.71. The third kappa shape index (κ3) is 2.55. The van der Waals surface area contributed by atoms with Crippen LogP contribution in [0.4, 0.5) is 5.82 Å². The molecule has 1 N–H and O–H groups in total. The lowest BCUT2D eigenvalue weighted by molar-refractivity contribution is 0.106. The molecule has 0 aromatic carbocycles. The van der Waals surface area contributed by atoms with Crippen molar-refractivity contribution >= 4 is 17.0 Å². The molecule has 2 saturated heterocycles. The monoisotopic (exact) mass is 301 g/mol. The quantitative estimate of drug-likeness (QED) is 0.875. The van der Waals surface area contributed by atoms with Gasteiger partial charge in [0.15, 0.2) is 11.5 Å². The van der Waals surface area contributed by atoms with Gasteiger partial charge in [0.1, 0.15) is 11.8 Å². The maximum Gasteiger partial charge on any atom is 0.182 e. The minimum atomic E-state index is 0.721. The first-order valence-corrected chi connectivity index (χ1v) is 8.13. The first-order valence-electron chi connectivity index (χ1n) is 8.13. The molecule has 2 aromatic rings. The van der Waals surface area contributed by atoms with Gasteiger partial charge in [-0.05, 0) is 26.4 Å². The molecular formula is C15H23N7. The highest BCUT2D eigenvalue weighted by molar-refractivity contribution is 5.82.